The Balaban J connectivity index is 0.00000544. The first-order chi connectivity index (χ1) is 15.4. The maximum Gasteiger partial charge on any atom is 0.222 e. The summed E-state index contributed by atoms with van der Waals surface area (Å²) in [6.07, 6.45) is 1.22. The fraction of sp³-hybridized carbons (Fsp3) is 0.417. The third kappa shape index (κ3) is 10.4. The Hall–Kier alpha value is -2.40. The van der Waals surface area contributed by atoms with E-state index in [0.717, 1.165) is 28.9 Å². The molecule has 0 aromatic heterocycles. The van der Waals surface area contributed by atoms with E-state index in [4.69, 9.17) is 15.2 Å². The Kier molecular flexibility index (Phi) is 13.4. The zero-order valence-corrected chi connectivity index (χ0v) is 21.7. The molecule has 0 bridgehead atoms. The van der Waals surface area contributed by atoms with Gasteiger partial charge in [0.25, 0.3) is 0 Å². The number of carbonyl (C=O) groups is 1. The van der Waals surface area contributed by atoms with Gasteiger partial charge < -0.3 is 25.8 Å². The molecule has 1 atom stereocenters. The summed E-state index contributed by atoms with van der Waals surface area (Å²) in [5.74, 6) is 0.155. The van der Waals surface area contributed by atoms with E-state index in [1.807, 2.05) is 25.1 Å². The molecular weight excluding hydrogens is 538 g/mol. The van der Waals surface area contributed by atoms with Gasteiger partial charge in [0.05, 0.1) is 12.5 Å². The highest BCUT2D eigenvalue weighted by atomic mass is 127. The van der Waals surface area contributed by atoms with Crippen LogP contribution in [0.5, 0.6) is 5.75 Å². The Morgan fingerprint density at radius 1 is 1.15 bits per heavy atom. The van der Waals surface area contributed by atoms with Gasteiger partial charge in [0.2, 0.25) is 5.91 Å². The highest BCUT2D eigenvalue weighted by molar-refractivity contribution is 14.0. The molecule has 182 valence electrons. The summed E-state index contributed by atoms with van der Waals surface area (Å²) in [6, 6.07) is 12.1. The van der Waals surface area contributed by atoms with Crippen molar-refractivity contribution in [1.29, 1.82) is 0 Å². The molecule has 9 heteroatoms. The first-order valence-corrected chi connectivity index (χ1v) is 10.6. The van der Waals surface area contributed by atoms with Crippen molar-refractivity contribution in [2.75, 3.05) is 33.9 Å². The second-order valence-corrected chi connectivity index (χ2v) is 7.54. The van der Waals surface area contributed by atoms with Crippen LogP contribution in [0, 0.1) is 18.7 Å². The molecule has 0 radical (unpaired) electrons. The number of halogens is 2. The quantitative estimate of drug-likeness (QED) is 0.157. The third-order valence-electron chi connectivity index (χ3n) is 4.96. The highest BCUT2D eigenvalue weighted by Gasteiger charge is 2.17. The van der Waals surface area contributed by atoms with Crippen LogP contribution in [0.15, 0.2) is 47.5 Å². The number of benzene rings is 2. The third-order valence-corrected chi connectivity index (χ3v) is 4.96. The van der Waals surface area contributed by atoms with E-state index in [-0.39, 0.29) is 29.8 Å². The number of carbonyl (C=O) groups excluding carboxylic acids is 1. The van der Waals surface area contributed by atoms with Crippen LogP contribution >= 0.6 is 24.0 Å². The molecule has 2 aromatic carbocycles. The van der Waals surface area contributed by atoms with Crippen LogP contribution in [0.25, 0.3) is 0 Å². The van der Waals surface area contributed by atoms with Crippen molar-refractivity contribution in [3.8, 4) is 5.75 Å². The lowest BCUT2D eigenvalue weighted by molar-refractivity contribution is -0.121. The SMILES string of the molecule is CN=C(NCc1ccc(C)cc1OCCCOC)NCC(Cc1ccc(F)cc1)C(N)=O.I. The number of methoxy groups -OCH3 is 1. The second-order valence-electron chi connectivity index (χ2n) is 7.54. The van der Waals surface area contributed by atoms with Crippen molar-refractivity contribution < 1.29 is 18.7 Å². The Labute approximate surface area is 212 Å². The first kappa shape index (κ1) is 28.6. The number of hydrogen-bond acceptors (Lipinski definition) is 4. The zero-order chi connectivity index (χ0) is 23.3. The van der Waals surface area contributed by atoms with Crippen molar-refractivity contribution in [2.24, 2.45) is 16.6 Å². The number of rotatable bonds is 12. The monoisotopic (exact) mass is 572 g/mol. The minimum absolute atomic E-state index is 0. The number of amides is 1. The van der Waals surface area contributed by atoms with Crippen LogP contribution in [0.2, 0.25) is 0 Å². The average molecular weight is 572 g/mol. The number of aryl methyl sites for hydroxylation is 1. The minimum Gasteiger partial charge on any atom is -0.493 e. The number of nitrogens with zero attached hydrogens (tertiary/aromatic N) is 1. The van der Waals surface area contributed by atoms with Gasteiger partial charge in [-0.1, -0.05) is 24.3 Å². The van der Waals surface area contributed by atoms with Crippen molar-refractivity contribution in [2.45, 2.75) is 26.3 Å². The van der Waals surface area contributed by atoms with Crippen LogP contribution in [0.3, 0.4) is 0 Å². The lowest BCUT2D eigenvalue weighted by Crippen LogP contribution is -2.42. The maximum atomic E-state index is 13.1. The summed E-state index contributed by atoms with van der Waals surface area (Å²) < 4.78 is 24.1. The Morgan fingerprint density at radius 3 is 2.52 bits per heavy atom. The molecule has 4 N–H and O–H groups in total. The molecule has 2 aromatic rings. The molecule has 0 spiro atoms. The fourth-order valence-corrected chi connectivity index (χ4v) is 3.13. The molecule has 33 heavy (non-hydrogen) atoms. The summed E-state index contributed by atoms with van der Waals surface area (Å²) in [6.45, 7) is 4.04. The molecule has 1 amide bonds. The molecule has 2 rings (SSSR count). The number of ether oxygens (including phenoxy) is 2. The summed E-state index contributed by atoms with van der Waals surface area (Å²) in [5, 5.41) is 6.40. The lowest BCUT2D eigenvalue weighted by Gasteiger charge is -2.18. The molecule has 7 nitrogen and oxygen atoms in total. The standard InChI is InChI=1S/C24H33FN4O3.HI/c1-17-5-8-19(22(13-17)32-12-4-11-31-3)15-28-24(27-2)29-16-20(23(26)30)14-18-6-9-21(25)10-7-18;/h5-10,13,20H,4,11-12,14-16H2,1-3H3,(H2,26,30)(H2,27,28,29);1H. The van der Waals surface area contributed by atoms with Crippen molar-refractivity contribution >= 4 is 35.8 Å². The van der Waals surface area contributed by atoms with Crippen LogP contribution in [-0.2, 0) is 22.5 Å². The molecular formula is C24H34FIN4O3. The largest absolute Gasteiger partial charge is 0.493 e. The van der Waals surface area contributed by atoms with Gasteiger partial charge in [-0.2, -0.15) is 0 Å². The van der Waals surface area contributed by atoms with E-state index in [1.165, 1.54) is 12.1 Å². The minimum atomic E-state index is -0.460. The number of primary amides is 1. The zero-order valence-electron chi connectivity index (χ0n) is 19.4. The normalized spacial score (nSPS) is 11.9. The predicted molar refractivity (Wildman–Crippen MR) is 140 cm³/mol. The van der Waals surface area contributed by atoms with E-state index >= 15 is 0 Å². The van der Waals surface area contributed by atoms with Gasteiger partial charge in [0.1, 0.15) is 11.6 Å². The summed E-state index contributed by atoms with van der Waals surface area (Å²) in [7, 11) is 3.33. The molecule has 0 fully saturated rings. The van der Waals surface area contributed by atoms with Crippen molar-refractivity contribution in [3.05, 3.63) is 65.0 Å². The smallest absolute Gasteiger partial charge is 0.222 e. The lowest BCUT2D eigenvalue weighted by atomic mass is 9.98. The molecule has 0 aliphatic rings. The molecule has 0 aliphatic heterocycles. The van der Waals surface area contributed by atoms with E-state index in [9.17, 15) is 9.18 Å². The molecule has 0 saturated heterocycles. The van der Waals surface area contributed by atoms with Gasteiger partial charge in [-0.15, -0.1) is 24.0 Å². The van der Waals surface area contributed by atoms with Crippen molar-refractivity contribution in [3.63, 3.8) is 0 Å². The van der Waals surface area contributed by atoms with Crippen LogP contribution in [-0.4, -0.2) is 45.8 Å². The van der Waals surface area contributed by atoms with Gasteiger partial charge in [-0.3, -0.25) is 9.79 Å². The number of nitrogens with two attached hydrogens (primary N) is 1. The molecule has 0 saturated carbocycles. The number of hydrogen-bond donors (Lipinski definition) is 3. The number of guanidine groups is 1. The van der Waals surface area contributed by atoms with E-state index < -0.39 is 11.8 Å². The number of aliphatic imine (C=N–C) groups is 1. The second kappa shape index (κ2) is 15.4. The van der Waals surface area contributed by atoms with Gasteiger partial charge >= 0.3 is 0 Å². The number of nitrogens with one attached hydrogen (secondary N) is 2. The average Bonchev–Trinajstić information content (AvgIpc) is 2.78. The van der Waals surface area contributed by atoms with Gasteiger partial charge in [0.15, 0.2) is 5.96 Å². The summed E-state index contributed by atoms with van der Waals surface area (Å²) in [4.78, 5) is 16.1. The molecule has 0 heterocycles. The topological polar surface area (TPSA) is 98.0 Å². The van der Waals surface area contributed by atoms with Gasteiger partial charge in [0, 0.05) is 45.8 Å². The highest BCUT2D eigenvalue weighted by Crippen LogP contribution is 2.20. The van der Waals surface area contributed by atoms with Crippen LogP contribution < -0.4 is 21.1 Å². The Morgan fingerprint density at radius 2 is 1.88 bits per heavy atom. The van der Waals surface area contributed by atoms with Crippen LogP contribution in [0.1, 0.15) is 23.1 Å². The van der Waals surface area contributed by atoms with Gasteiger partial charge in [-0.05, 0) is 42.7 Å². The summed E-state index contributed by atoms with van der Waals surface area (Å²) >= 11 is 0. The Bertz CT molecular complexity index is 894. The van der Waals surface area contributed by atoms with E-state index in [1.54, 1.807) is 26.3 Å². The van der Waals surface area contributed by atoms with E-state index in [2.05, 4.69) is 15.6 Å². The molecule has 1 unspecified atom stereocenters. The predicted octanol–water partition coefficient (Wildman–Crippen LogP) is 3.18. The van der Waals surface area contributed by atoms with E-state index in [0.29, 0.717) is 38.7 Å². The van der Waals surface area contributed by atoms with Gasteiger partial charge in [-0.25, -0.2) is 4.39 Å². The maximum absolute atomic E-state index is 13.1. The first-order valence-electron chi connectivity index (χ1n) is 10.6. The molecule has 0 aliphatic carbocycles. The van der Waals surface area contributed by atoms with Crippen LogP contribution in [0.4, 0.5) is 4.39 Å². The fourth-order valence-electron chi connectivity index (χ4n) is 3.13. The summed E-state index contributed by atoms with van der Waals surface area (Å²) in [5.41, 5.74) is 8.52. The van der Waals surface area contributed by atoms with Crippen molar-refractivity contribution in [1.82, 2.24) is 10.6 Å².